The highest BCUT2D eigenvalue weighted by molar-refractivity contribution is 6.83. The molecule has 3 atom stereocenters. The van der Waals surface area contributed by atoms with Crippen LogP contribution in [0, 0.1) is 0 Å². The van der Waals surface area contributed by atoms with Gasteiger partial charge in [-0.15, -0.1) is 0 Å². The van der Waals surface area contributed by atoms with Gasteiger partial charge < -0.3 is 28.8 Å². The van der Waals surface area contributed by atoms with E-state index in [0.717, 1.165) is 5.82 Å². The molecule has 0 spiro atoms. The molecule has 0 aromatic carbocycles. The monoisotopic (exact) mass is 495 g/mol. The third-order valence-electron chi connectivity index (χ3n) is 7.37. The summed E-state index contributed by atoms with van der Waals surface area (Å²) in [7, 11) is -5.21. The van der Waals surface area contributed by atoms with Crippen molar-refractivity contribution in [1.82, 2.24) is 9.55 Å². The highest BCUT2D eigenvalue weighted by Crippen LogP contribution is 2.48. The van der Waals surface area contributed by atoms with Crippen molar-refractivity contribution < 1.29 is 17.7 Å². The van der Waals surface area contributed by atoms with E-state index in [4.69, 9.17) is 23.4 Å². The molecule has 11 heteroatoms. The second-order valence-corrected chi connectivity index (χ2v) is 19.6. The van der Waals surface area contributed by atoms with Crippen LogP contribution >= 0.6 is 0 Å². The summed E-state index contributed by atoms with van der Waals surface area (Å²) in [6.07, 6.45) is 2.04. The van der Waals surface area contributed by atoms with E-state index in [9.17, 15) is 0 Å². The molecule has 0 amide bonds. The minimum absolute atomic E-state index is 0.0922. The van der Waals surface area contributed by atoms with E-state index in [0.29, 0.717) is 53.4 Å². The SMILES string of the molecule is CC(C)[Si]1(C(C)C)OC[C@@H]2O[C@H](n3cnc4c3NCN=C4N)CC2O[Si](C(C)C)(C(C)C)O1. The number of hydrogen-bond acceptors (Lipinski definition) is 8. The summed E-state index contributed by atoms with van der Waals surface area (Å²) in [6.45, 7) is 18.8. The number of nitrogens with zero attached hydrogens (tertiary/aromatic N) is 3. The van der Waals surface area contributed by atoms with Gasteiger partial charge in [0, 0.05) is 6.42 Å². The number of anilines is 1. The molecule has 0 aliphatic carbocycles. The van der Waals surface area contributed by atoms with Crippen molar-refractivity contribution >= 4 is 28.8 Å². The van der Waals surface area contributed by atoms with E-state index >= 15 is 0 Å². The first-order valence-electron chi connectivity index (χ1n) is 12.3. The molecule has 3 aliphatic rings. The number of ether oxygens (including phenoxy) is 1. The lowest BCUT2D eigenvalue weighted by Gasteiger charge is -2.51. The lowest BCUT2D eigenvalue weighted by Crippen LogP contribution is -2.65. The highest BCUT2D eigenvalue weighted by atomic mass is 28.5. The maximum Gasteiger partial charge on any atom is 0.335 e. The fourth-order valence-electron chi connectivity index (χ4n) is 5.52. The Morgan fingerprint density at radius 3 is 2.24 bits per heavy atom. The molecule has 9 nitrogen and oxygen atoms in total. The average Bonchev–Trinajstić information content (AvgIpc) is 3.32. The van der Waals surface area contributed by atoms with Gasteiger partial charge in [-0.1, -0.05) is 55.4 Å². The Kier molecular flexibility index (Phi) is 6.84. The minimum Gasteiger partial charge on any atom is -0.414 e. The molecule has 1 aromatic heterocycles. The van der Waals surface area contributed by atoms with Crippen LogP contribution in [0.25, 0.3) is 0 Å². The van der Waals surface area contributed by atoms with Crippen molar-refractivity contribution in [3.63, 3.8) is 0 Å². The van der Waals surface area contributed by atoms with Crippen LogP contribution in [0.1, 0.15) is 73.7 Å². The van der Waals surface area contributed by atoms with Gasteiger partial charge in [-0.2, -0.15) is 0 Å². The first kappa shape index (κ1) is 24.9. The molecule has 1 aromatic rings. The topological polar surface area (TPSA) is 105 Å². The molecule has 0 radical (unpaired) electrons. The molecule has 3 aliphatic heterocycles. The number of amidine groups is 1. The van der Waals surface area contributed by atoms with Crippen LogP contribution in [0.2, 0.25) is 22.2 Å². The quantitative estimate of drug-likeness (QED) is 0.589. The van der Waals surface area contributed by atoms with Gasteiger partial charge in [0.2, 0.25) is 0 Å². The van der Waals surface area contributed by atoms with Gasteiger partial charge >= 0.3 is 17.1 Å². The number of hydrogen-bond donors (Lipinski definition) is 2. The number of fused-ring (bicyclic) bond motifs is 2. The van der Waals surface area contributed by atoms with Crippen molar-refractivity contribution in [3.05, 3.63) is 12.0 Å². The summed E-state index contributed by atoms with van der Waals surface area (Å²) in [6, 6.07) is 0. The summed E-state index contributed by atoms with van der Waals surface area (Å²) in [5.41, 5.74) is 7.93. The second kappa shape index (κ2) is 9.08. The van der Waals surface area contributed by atoms with Gasteiger partial charge in [0.05, 0.1) is 19.0 Å². The van der Waals surface area contributed by atoms with Crippen LogP contribution in [0.3, 0.4) is 0 Å². The fourth-order valence-corrected chi connectivity index (χ4v) is 16.7. The van der Waals surface area contributed by atoms with E-state index in [2.05, 4.69) is 70.7 Å². The predicted octanol–water partition coefficient (Wildman–Crippen LogP) is 4.22. The lowest BCUT2D eigenvalue weighted by atomic mass is 10.2. The van der Waals surface area contributed by atoms with Gasteiger partial charge in [0.15, 0.2) is 0 Å². The molecule has 4 heterocycles. The Morgan fingerprint density at radius 2 is 1.64 bits per heavy atom. The zero-order chi connectivity index (χ0) is 24.1. The molecule has 4 rings (SSSR count). The lowest BCUT2D eigenvalue weighted by molar-refractivity contribution is -0.0548. The second-order valence-electron chi connectivity index (χ2n) is 10.7. The van der Waals surface area contributed by atoms with E-state index in [1.807, 2.05) is 4.57 Å². The number of aliphatic imine (C=N–C) groups is 1. The highest BCUT2D eigenvalue weighted by Gasteiger charge is 2.60. The van der Waals surface area contributed by atoms with Crippen molar-refractivity contribution in [1.29, 1.82) is 0 Å². The summed E-state index contributed by atoms with van der Waals surface area (Å²) < 4.78 is 29.8. The van der Waals surface area contributed by atoms with Gasteiger partial charge in [0.1, 0.15) is 36.3 Å². The summed E-state index contributed by atoms with van der Waals surface area (Å²) in [5.74, 6) is 1.30. The molecule has 0 saturated carbocycles. The number of rotatable bonds is 5. The largest absolute Gasteiger partial charge is 0.414 e. The maximum absolute atomic E-state index is 7.27. The van der Waals surface area contributed by atoms with E-state index in [-0.39, 0.29) is 18.4 Å². The third-order valence-corrected chi connectivity index (χ3v) is 17.6. The van der Waals surface area contributed by atoms with Gasteiger partial charge in [0.25, 0.3) is 0 Å². The molecule has 0 bridgehead atoms. The van der Waals surface area contributed by atoms with Crippen molar-refractivity contribution in [3.8, 4) is 0 Å². The van der Waals surface area contributed by atoms with Crippen LogP contribution in [0.4, 0.5) is 5.82 Å². The van der Waals surface area contributed by atoms with Crippen LogP contribution in [0.15, 0.2) is 11.3 Å². The Labute approximate surface area is 199 Å². The first-order chi connectivity index (χ1) is 15.5. The first-order valence-corrected chi connectivity index (χ1v) is 16.2. The van der Waals surface area contributed by atoms with Gasteiger partial charge in [-0.3, -0.25) is 4.57 Å². The zero-order valence-corrected chi connectivity index (χ0v) is 23.3. The Hall–Kier alpha value is -1.25. The smallest absolute Gasteiger partial charge is 0.335 e. The summed E-state index contributed by atoms with van der Waals surface area (Å²) >= 11 is 0. The van der Waals surface area contributed by atoms with Crippen LogP contribution < -0.4 is 11.1 Å². The Bertz CT molecular complexity index is 872. The van der Waals surface area contributed by atoms with Crippen molar-refractivity contribution in [2.45, 2.75) is 102 Å². The number of nitrogens with one attached hydrogen (secondary N) is 1. The number of nitrogens with two attached hydrogens (primary N) is 1. The molecule has 3 N–H and O–H groups in total. The maximum atomic E-state index is 7.27. The third kappa shape index (κ3) is 4.10. The summed E-state index contributed by atoms with van der Waals surface area (Å²) in [4.78, 5) is 8.71. The van der Waals surface area contributed by atoms with E-state index in [1.54, 1.807) is 6.33 Å². The van der Waals surface area contributed by atoms with Crippen LogP contribution in [-0.4, -0.2) is 58.0 Å². The molecular weight excluding hydrogens is 454 g/mol. The molecule has 2 saturated heterocycles. The zero-order valence-electron chi connectivity index (χ0n) is 21.3. The van der Waals surface area contributed by atoms with E-state index < -0.39 is 17.1 Å². The predicted molar refractivity (Wildman–Crippen MR) is 134 cm³/mol. The number of aromatic nitrogens is 2. The molecule has 2 fully saturated rings. The fraction of sp³-hybridized carbons (Fsp3) is 0.818. The molecule has 1 unspecified atom stereocenters. The molecular formula is C22H41N5O4Si2. The van der Waals surface area contributed by atoms with Gasteiger partial charge in [-0.05, 0) is 22.2 Å². The Morgan fingerprint density at radius 1 is 1.00 bits per heavy atom. The summed E-state index contributed by atoms with van der Waals surface area (Å²) in [5, 5.41) is 3.29. The number of imidazole rings is 1. The minimum atomic E-state index is -2.64. The molecule has 186 valence electrons. The van der Waals surface area contributed by atoms with Crippen molar-refractivity contribution in [2.24, 2.45) is 10.7 Å². The van der Waals surface area contributed by atoms with E-state index in [1.165, 1.54) is 0 Å². The van der Waals surface area contributed by atoms with Crippen LogP contribution in [0.5, 0.6) is 0 Å². The average molecular weight is 496 g/mol. The molecule has 33 heavy (non-hydrogen) atoms. The Balaban J connectivity index is 1.69. The van der Waals surface area contributed by atoms with Gasteiger partial charge in [-0.25, -0.2) is 9.98 Å². The standard InChI is InChI=1S/C22H41N5O4Si2/c1-13(2)32(14(3)4)28-10-18-17(30-33(31-32,15(5)6)16(7)8)9-19(29-18)27-12-26-20-21(23)24-11-25-22(20)27/h12-19,25H,9-11H2,1-8H3,(H2,23,24)/t17?,18-,19-/m0/s1. The van der Waals surface area contributed by atoms with Crippen molar-refractivity contribution in [2.75, 3.05) is 18.6 Å². The normalized spacial score (nSPS) is 29.0. The van der Waals surface area contributed by atoms with Crippen LogP contribution in [-0.2, 0) is 17.7 Å².